The Kier molecular flexibility index (Phi) is 3.56. The molecule has 2 atom stereocenters. The molecule has 1 aliphatic carbocycles. The Balaban J connectivity index is 2.86. The van der Waals surface area contributed by atoms with E-state index in [-0.39, 0.29) is 18.1 Å². The van der Waals surface area contributed by atoms with E-state index in [4.69, 9.17) is 15.1 Å². The molecule has 1 fully saturated rings. The average molecular weight is 237 g/mol. The standard InChI is InChI=1S/C12H15NO4/c1-4-17-11(16)7(6-13)5-8-9(10(14)15)12(8,2)3/h5,8-9H,4H2,1-3H3,(H,14,15)/b7-5+/t8-,9+/m1/s1. The second-order valence-electron chi connectivity index (χ2n) is 4.58. The number of nitrogens with zero attached hydrogens (tertiary/aromatic N) is 1. The van der Waals surface area contributed by atoms with Crippen LogP contribution in [0.4, 0.5) is 0 Å². The van der Waals surface area contributed by atoms with Gasteiger partial charge in [-0.1, -0.05) is 19.9 Å². The topological polar surface area (TPSA) is 87.4 Å². The quantitative estimate of drug-likeness (QED) is 0.453. The molecule has 0 heterocycles. The van der Waals surface area contributed by atoms with Crippen molar-refractivity contribution in [1.29, 1.82) is 5.26 Å². The zero-order valence-electron chi connectivity index (χ0n) is 10.1. The zero-order valence-corrected chi connectivity index (χ0v) is 10.1. The number of carbonyl (C=O) groups is 2. The van der Waals surface area contributed by atoms with Gasteiger partial charge in [0.1, 0.15) is 11.6 Å². The van der Waals surface area contributed by atoms with Gasteiger partial charge in [-0.2, -0.15) is 5.26 Å². The predicted octanol–water partition coefficient (Wildman–Crippen LogP) is 1.36. The monoisotopic (exact) mass is 237 g/mol. The lowest BCUT2D eigenvalue weighted by Crippen LogP contribution is -2.07. The van der Waals surface area contributed by atoms with Gasteiger partial charge in [-0.15, -0.1) is 0 Å². The van der Waals surface area contributed by atoms with Crippen molar-refractivity contribution in [3.05, 3.63) is 11.6 Å². The highest BCUT2D eigenvalue weighted by molar-refractivity contribution is 5.93. The van der Waals surface area contributed by atoms with E-state index >= 15 is 0 Å². The molecule has 0 bridgehead atoms. The molecular formula is C12H15NO4. The fourth-order valence-electron chi connectivity index (χ4n) is 2.00. The van der Waals surface area contributed by atoms with Crippen LogP contribution in [0.5, 0.6) is 0 Å². The lowest BCUT2D eigenvalue weighted by molar-refractivity contribution is -0.140. The number of ether oxygens (including phenoxy) is 1. The number of allylic oxidation sites excluding steroid dienone is 1. The van der Waals surface area contributed by atoms with Crippen molar-refractivity contribution < 1.29 is 19.4 Å². The van der Waals surface area contributed by atoms with Crippen molar-refractivity contribution in [1.82, 2.24) is 0 Å². The molecule has 92 valence electrons. The minimum absolute atomic E-state index is 0.117. The van der Waals surface area contributed by atoms with E-state index in [0.717, 1.165) is 0 Å². The van der Waals surface area contributed by atoms with Crippen LogP contribution in [0.15, 0.2) is 11.6 Å². The van der Waals surface area contributed by atoms with Crippen LogP contribution < -0.4 is 0 Å². The van der Waals surface area contributed by atoms with Gasteiger partial charge in [0.15, 0.2) is 0 Å². The lowest BCUT2D eigenvalue weighted by atomic mass is 10.1. The summed E-state index contributed by atoms with van der Waals surface area (Å²) in [6.45, 7) is 5.43. The third-order valence-electron chi connectivity index (χ3n) is 3.14. The van der Waals surface area contributed by atoms with E-state index in [1.54, 1.807) is 26.8 Å². The van der Waals surface area contributed by atoms with E-state index in [9.17, 15) is 9.59 Å². The summed E-state index contributed by atoms with van der Waals surface area (Å²) >= 11 is 0. The van der Waals surface area contributed by atoms with Gasteiger partial charge in [-0.3, -0.25) is 4.79 Å². The van der Waals surface area contributed by atoms with E-state index in [1.165, 1.54) is 6.08 Å². The third kappa shape index (κ3) is 2.47. The van der Waals surface area contributed by atoms with Gasteiger partial charge in [0.25, 0.3) is 0 Å². The minimum atomic E-state index is -0.905. The molecule has 1 saturated carbocycles. The summed E-state index contributed by atoms with van der Waals surface area (Å²) < 4.78 is 4.71. The van der Waals surface area contributed by atoms with E-state index in [1.807, 2.05) is 0 Å². The molecule has 5 heteroatoms. The Labute approximate surface area is 99.7 Å². The van der Waals surface area contributed by atoms with Crippen molar-refractivity contribution in [2.45, 2.75) is 20.8 Å². The van der Waals surface area contributed by atoms with Gasteiger partial charge in [0.05, 0.1) is 12.5 Å². The molecule has 0 amide bonds. The molecule has 1 aliphatic rings. The first kappa shape index (κ1) is 13.2. The first-order valence-corrected chi connectivity index (χ1v) is 5.38. The summed E-state index contributed by atoms with van der Waals surface area (Å²) in [5.41, 5.74) is -0.533. The summed E-state index contributed by atoms with van der Waals surface area (Å²) in [5.74, 6) is -2.43. The molecule has 5 nitrogen and oxygen atoms in total. The predicted molar refractivity (Wildman–Crippen MR) is 58.7 cm³/mol. The van der Waals surface area contributed by atoms with Gasteiger partial charge in [0.2, 0.25) is 0 Å². The molecule has 0 unspecified atom stereocenters. The van der Waals surface area contributed by atoms with Crippen molar-refractivity contribution in [3.8, 4) is 6.07 Å². The average Bonchev–Trinajstić information content (AvgIpc) is 2.77. The fraction of sp³-hybridized carbons (Fsp3) is 0.583. The van der Waals surface area contributed by atoms with E-state index in [2.05, 4.69) is 0 Å². The van der Waals surface area contributed by atoms with Crippen LogP contribution in [0.2, 0.25) is 0 Å². The highest BCUT2D eigenvalue weighted by Crippen LogP contribution is 2.59. The Bertz CT molecular complexity index is 417. The van der Waals surface area contributed by atoms with Crippen LogP contribution in [0.25, 0.3) is 0 Å². The molecule has 1 N–H and O–H groups in total. The largest absolute Gasteiger partial charge is 0.481 e. The first-order chi connectivity index (χ1) is 7.86. The maximum Gasteiger partial charge on any atom is 0.348 e. The maximum atomic E-state index is 11.4. The van der Waals surface area contributed by atoms with E-state index < -0.39 is 23.3 Å². The maximum absolute atomic E-state index is 11.4. The second-order valence-corrected chi connectivity index (χ2v) is 4.58. The summed E-state index contributed by atoms with van der Waals surface area (Å²) in [6.07, 6.45) is 1.41. The molecule has 0 aromatic rings. The van der Waals surface area contributed by atoms with Crippen molar-refractivity contribution in [2.24, 2.45) is 17.3 Å². The minimum Gasteiger partial charge on any atom is -0.481 e. The van der Waals surface area contributed by atoms with Gasteiger partial charge >= 0.3 is 11.9 Å². The van der Waals surface area contributed by atoms with Crippen LogP contribution in [0, 0.1) is 28.6 Å². The van der Waals surface area contributed by atoms with Gasteiger partial charge in [0, 0.05) is 0 Å². The van der Waals surface area contributed by atoms with Crippen LogP contribution in [0.3, 0.4) is 0 Å². The van der Waals surface area contributed by atoms with Crippen LogP contribution >= 0.6 is 0 Å². The molecule has 0 spiro atoms. The highest BCUT2D eigenvalue weighted by Gasteiger charge is 2.61. The second kappa shape index (κ2) is 4.58. The lowest BCUT2D eigenvalue weighted by Gasteiger charge is -2.00. The van der Waals surface area contributed by atoms with Crippen LogP contribution in [-0.2, 0) is 14.3 Å². The molecule has 0 saturated heterocycles. The molecule has 0 aromatic carbocycles. The zero-order chi connectivity index (χ0) is 13.2. The number of esters is 1. The summed E-state index contributed by atoms with van der Waals surface area (Å²) in [6, 6.07) is 1.75. The smallest absolute Gasteiger partial charge is 0.348 e. The molecule has 17 heavy (non-hydrogen) atoms. The first-order valence-electron chi connectivity index (χ1n) is 5.38. The molecule has 0 aromatic heterocycles. The van der Waals surface area contributed by atoms with Crippen LogP contribution in [-0.4, -0.2) is 23.7 Å². The van der Waals surface area contributed by atoms with Crippen molar-refractivity contribution in [2.75, 3.05) is 6.61 Å². The number of carbonyl (C=O) groups excluding carboxylic acids is 1. The molecule has 0 aliphatic heterocycles. The Morgan fingerprint density at radius 1 is 1.53 bits per heavy atom. The van der Waals surface area contributed by atoms with Gasteiger partial charge in [-0.05, 0) is 18.3 Å². The number of hydrogen-bond donors (Lipinski definition) is 1. The SMILES string of the molecule is CCOC(=O)/C(C#N)=C/[C@@H]1[C@@H](C(=O)O)C1(C)C. The van der Waals surface area contributed by atoms with Crippen LogP contribution in [0.1, 0.15) is 20.8 Å². The number of nitriles is 1. The number of carboxylic acid groups (broad SMARTS) is 1. The molecule has 1 rings (SSSR count). The Morgan fingerprint density at radius 3 is 2.47 bits per heavy atom. The third-order valence-corrected chi connectivity index (χ3v) is 3.14. The number of carboxylic acids is 1. The van der Waals surface area contributed by atoms with Gasteiger partial charge in [-0.25, -0.2) is 4.79 Å². The van der Waals surface area contributed by atoms with E-state index in [0.29, 0.717) is 0 Å². The molecular weight excluding hydrogens is 222 g/mol. The number of hydrogen-bond acceptors (Lipinski definition) is 4. The van der Waals surface area contributed by atoms with Gasteiger partial charge < -0.3 is 9.84 Å². The summed E-state index contributed by atoms with van der Waals surface area (Å²) in [7, 11) is 0. The Morgan fingerprint density at radius 2 is 2.12 bits per heavy atom. The normalized spacial score (nSPS) is 25.9. The summed E-state index contributed by atoms with van der Waals surface area (Å²) in [5, 5.41) is 17.8. The summed E-state index contributed by atoms with van der Waals surface area (Å²) in [4.78, 5) is 22.3. The molecule has 0 radical (unpaired) electrons. The Hall–Kier alpha value is -1.83. The highest BCUT2D eigenvalue weighted by atomic mass is 16.5. The van der Waals surface area contributed by atoms with Crippen molar-refractivity contribution >= 4 is 11.9 Å². The van der Waals surface area contributed by atoms with Crippen molar-refractivity contribution in [3.63, 3.8) is 0 Å². The fourth-order valence-corrected chi connectivity index (χ4v) is 2.00. The number of aliphatic carboxylic acids is 1. The number of rotatable bonds is 4.